The third-order valence-corrected chi connectivity index (χ3v) is 5.37. The molecule has 128 valence electrons. The third kappa shape index (κ3) is 2.65. The predicted molar refractivity (Wildman–Crippen MR) is 97.5 cm³/mol. The number of non-ortho nitro benzene ring substituents is 1. The molecule has 0 bridgehead atoms. The molecule has 1 heterocycles. The van der Waals surface area contributed by atoms with E-state index in [1.165, 1.54) is 6.07 Å². The van der Waals surface area contributed by atoms with E-state index in [9.17, 15) is 10.1 Å². The van der Waals surface area contributed by atoms with Crippen molar-refractivity contribution in [2.75, 3.05) is 12.4 Å². The summed E-state index contributed by atoms with van der Waals surface area (Å²) in [4.78, 5) is 10.8. The highest BCUT2D eigenvalue weighted by molar-refractivity contribution is 6.33. The van der Waals surface area contributed by atoms with Crippen LogP contribution in [0.3, 0.4) is 0 Å². The highest BCUT2D eigenvalue weighted by atomic mass is 35.5. The van der Waals surface area contributed by atoms with E-state index in [1.54, 1.807) is 13.2 Å². The maximum atomic E-state index is 11.2. The first kappa shape index (κ1) is 16.0. The summed E-state index contributed by atoms with van der Waals surface area (Å²) in [5.74, 6) is 1.21. The van der Waals surface area contributed by atoms with Gasteiger partial charge in [-0.1, -0.05) is 35.9 Å². The minimum absolute atomic E-state index is 0.0319. The molecule has 3 atom stereocenters. The van der Waals surface area contributed by atoms with Crippen LogP contribution in [-0.2, 0) is 0 Å². The first-order chi connectivity index (χ1) is 12.1. The molecule has 0 aromatic heterocycles. The zero-order chi connectivity index (χ0) is 17.6. The topological polar surface area (TPSA) is 64.4 Å². The first-order valence-electron chi connectivity index (χ1n) is 8.13. The van der Waals surface area contributed by atoms with Crippen LogP contribution in [-0.4, -0.2) is 12.0 Å². The van der Waals surface area contributed by atoms with E-state index in [1.807, 2.05) is 18.2 Å². The zero-order valence-electron chi connectivity index (χ0n) is 13.6. The standard InChI is InChI=1S/C19H17ClN2O3/c1-25-13-5-2-4-11(8-13)18-15-7-3-6-14(15)16-9-12(22(23)24)10-17(20)19(16)21-18/h2-6,8-10,14-15,18,21H,7H2,1H3/t14-,15+,18+/m1/s1. The van der Waals surface area contributed by atoms with E-state index in [0.717, 1.165) is 29.0 Å². The third-order valence-electron chi connectivity index (χ3n) is 5.07. The molecule has 2 aliphatic rings. The Morgan fingerprint density at radius 2 is 2.16 bits per heavy atom. The summed E-state index contributed by atoms with van der Waals surface area (Å²) in [6, 6.07) is 11.1. The lowest BCUT2D eigenvalue weighted by atomic mass is 9.77. The highest BCUT2D eigenvalue weighted by Gasteiger charge is 2.39. The lowest BCUT2D eigenvalue weighted by Gasteiger charge is -2.37. The molecule has 5 nitrogen and oxygen atoms in total. The average molecular weight is 357 g/mol. The van der Waals surface area contributed by atoms with Gasteiger partial charge in [0, 0.05) is 18.1 Å². The fraction of sp³-hybridized carbons (Fsp3) is 0.263. The number of ether oxygens (including phenoxy) is 1. The Bertz CT molecular complexity index is 881. The van der Waals surface area contributed by atoms with Gasteiger partial charge in [-0.3, -0.25) is 10.1 Å². The normalized spacial score (nSPS) is 23.5. The van der Waals surface area contributed by atoms with Crippen molar-refractivity contribution >= 4 is 23.0 Å². The van der Waals surface area contributed by atoms with Crippen molar-refractivity contribution < 1.29 is 9.66 Å². The van der Waals surface area contributed by atoms with Crippen LogP contribution >= 0.6 is 11.6 Å². The molecular weight excluding hydrogens is 340 g/mol. The van der Waals surface area contributed by atoms with Crippen molar-refractivity contribution in [3.8, 4) is 5.75 Å². The van der Waals surface area contributed by atoms with Crippen molar-refractivity contribution in [2.24, 2.45) is 5.92 Å². The van der Waals surface area contributed by atoms with Crippen molar-refractivity contribution in [3.63, 3.8) is 0 Å². The lowest BCUT2D eigenvalue weighted by Crippen LogP contribution is -2.29. The lowest BCUT2D eigenvalue weighted by molar-refractivity contribution is -0.384. The van der Waals surface area contributed by atoms with Crippen LogP contribution < -0.4 is 10.1 Å². The van der Waals surface area contributed by atoms with Gasteiger partial charge in [0.2, 0.25) is 0 Å². The van der Waals surface area contributed by atoms with Crippen molar-refractivity contribution in [3.05, 3.63) is 74.8 Å². The number of rotatable bonds is 3. The first-order valence-corrected chi connectivity index (χ1v) is 8.51. The van der Waals surface area contributed by atoms with Gasteiger partial charge < -0.3 is 10.1 Å². The maximum absolute atomic E-state index is 11.2. The Morgan fingerprint density at radius 3 is 2.92 bits per heavy atom. The Labute approximate surface area is 150 Å². The number of hydrogen-bond acceptors (Lipinski definition) is 4. The number of allylic oxidation sites excluding steroid dienone is 2. The van der Waals surface area contributed by atoms with Gasteiger partial charge in [-0.05, 0) is 35.6 Å². The van der Waals surface area contributed by atoms with Gasteiger partial charge in [-0.2, -0.15) is 0 Å². The summed E-state index contributed by atoms with van der Waals surface area (Å²) in [5.41, 5.74) is 2.84. The minimum atomic E-state index is -0.395. The van der Waals surface area contributed by atoms with Gasteiger partial charge >= 0.3 is 0 Å². The van der Waals surface area contributed by atoms with Crippen LogP contribution in [0.5, 0.6) is 5.75 Å². The van der Waals surface area contributed by atoms with E-state index in [4.69, 9.17) is 16.3 Å². The summed E-state index contributed by atoms with van der Waals surface area (Å²) in [7, 11) is 1.65. The molecule has 1 aliphatic heterocycles. The molecule has 25 heavy (non-hydrogen) atoms. The molecule has 2 aromatic rings. The summed E-state index contributed by atoms with van der Waals surface area (Å²) >= 11 is 6.38. The Morgan fingerprint density at radius 1 is 1.32 bits per heavy atom. The maximum Gasteiger partial charge on any atom is 0.271 e. The molecule has 1 aliphatic carbocycles. The molecule has 0 unspecified atom stereocenters. The van der Waals surface area contributed by atoms with Crippen LogP contribution in [0.15, 0.2) is 48.6 Å². The van der Waals surface area contributed by atoms with E-state index in [-0.39, 0.29) is 23.6 Å². The van der Waals surface area contributed by atoms with E-state index in [2.05, 4.69) is 23.5 Å². The fourth-order valence-electron chi connectivity index (χ4n) is 3.91. The Balaban J connectivity index is 1.81. The van der Waals surface area contributed by atoms with E-state index in [0.29, 0.717) is 5.02 Å². The van der Waals surface area contributed by atoms with Crippen LogP contribution in [0.25, 0.3) is 0 Å². The highest BCUT2D eigenvalue weighted by Crippen LogP contribution is 2.52. The number of nitro benzene ring substituents is 1. The van der Waals surface area contributed by atoms with E-state index >= 15 is 0 Å². The molecule has 6 heteroatoms. The number of nitro groups is 1. The number of hydrogen-bond donors (Lipinski definition) is 1. The Hall–Kier alpha value is -2.53. The Kier molecular flexibility index (Phi) is 3.88. The predicted octanol–water partition coefficient (Wildman–Crippen LogP) is 5.08. The van der Waals surface area contributed by atoms with Crippen LogP contribution in [0.4, 0.5) is 11.4 Å². The molecule has 0 amide bonds. The fourth-order valence-corrected chi connectivity index (χ4v) is 4.19. The number of anilines is 1. The monoisotopic (exact) mass is 356 g/mol. The molecule has 0 saturated heterocycles. The number of halogens is 1. The van der Waals surface area contributed by atoms with Crippen molar-refractivity contribution in [1.82, 2.24) is 0 Å². The number of nitrogens with one attached hydrogen (secondary N) is 1. The molecule has 0 saturated carbocycles. The van der Waals surface area contributed by atoms with E-state index < -0.39 is 4.92 Å². The van der Waals surface area contributed by atoms with Crippen molar-refractivity contribution in [2.45, 2.75) is 18.4 Å². The van der Waals surface area contributed by atoms with Gasteiger partial charge in [0.25, 0.3) is 5.69 Å². The summed E-state index contributed by atoms with van der Waals surface area (Å²) < 4.78 is 5.35. The van der Waals surface area contributed by atoms with Gasteiger partial charge in [0.15, 0.2) is 0 Å². The summed E-state index contributed by atoms with van der Waals surface area (Å²) in [5, 5.41) is 15.1. The van der Waals surface area contributed by atoms with Crippen LogP contribution in [0.2, 0.25) is 5.02 Å². The largest absolute Gasteiger partial charge is 0.497 e. The van der Waals surface area contributed by atoms with Crippen LogP contribution in [0, 0.1) is 16.0 Å². The smallest absolute Gasteiger partial charge is 0.271 e. The zero-order valence-corrected chi connectivity index (χ0v) is 14.4. The molecule has 0 fully saturated rings. The molecule has 1 N–H and O–H groups in total. The average Bonchev–Trinajstić information content (AvgIpc) is 3.11. The minimum Gasteiger partial charge on any atom is -0.497 e. The van der Waals surface area contributed by atoms with Gasteiger partial charge in [-0.15, -0.1) is 0 Å². The number of fused-ring (bicyclic) bond motifs is 3. The second kappa shape index (κ2) is 6.08. The van der Waals surface area contributed by atoms with Crippen molar-refractivity contribution in [1.29, 1.82) is 0 Å². The van der Waals surface area contributed by atoms with Gasteiger partial charge in [-0.25, -0.2) is 0 Å². The molecule has 0 spiro atoms. The quantitative estimate of drug-likeness (QED) is 0.473. The second-order valence-corrected chi connectivity index (χ2v) is 6.81. The van der Waals surface area contributed by atoms with Crippen LogP contribution in [0.1, 0.15) is 29.5 Å². The summed E-state index contributed by atoms with van der Waals surface area (Å²) in [6.45, 7) is 0. The summed E-state index contributed by atoms with van der Waals surface area (Å²) in [6.07, 6.45) is 5.20. The molecule has 4 rings (SSSR count). The number of nitrogens with zero attached hydrogens (tertiary/aromatic N) is 1. The number of methoxy groups -OCH3 is 1. The van der Waals surface area contributed by atoms with Gasteiger partial charge in [0.1, 0.15) is 5.75 Å². The number of benzene rings is 2. The second-order valence-electron chi connectivity index (χ2n) is 6.40. The molecular formula is C19H17ClN2O3. The molecule has 2 aromatic carbocycles. The van der Waals surface area contributed by atoms with Gasteiger partial charge in [0.05, 0.1) is 28.8 Å². The molecule has 0 radical (unpaired) electrons. The SMILES string of the molecule is COc1cccc([C@@H]2Nc3c(Cl)cc([N+](=O)[O-])cc3[C@@H]3C=CC[C@@H]32)c1.